The molecule has 1 fully saturated rings. The molecule has 174 valence electrons. The van der Waals surface area contributed by atoms with Gasteiger partial charge in [0.1, 0.15) is 12.4 Å². The van der Waals surface area contributed by atoms with Crippen LogP contribution < -0.4 is 5.32 Å². The number of halogens is 1. The van der Waals surface area contributed by atoms with Crippen molar-refractivity contribution in [2.75, 3.05) is 18.8 Å². The zero-order valence-corrected chi connectivity index (χ0v) is 19.6. The van der Waals surface area contributed by atoms with Crippen LogP contribution in [0.4, 0.5) is 4.39 Å². The minimum Gasteiger partial charge on any atom is -0.372 e. The lowest BCUT2D eigenvalue weighted by Crippen LogP contribution is -2.49. The van der Waals surface area contributed by atoms with Gasteiger partial charge >= 0.3 is 0 Å². The van der Waals surface area contributed by atoms with Gasteiger partial charge in [-0.1, -0.05) is 30.3 Å². The number of ether oxygens (including phenoxy) is 1. The van der Waals surface area contributed by atoms with Crippen molar-refractivity contribution in [1.82, 2.24) is 14.8 Å². The Morgan fingerprint density at radius 3 is 2.52 bits per heavy atom. The third-order valence-corrected chi connectivity index (χ3v) is 6.63. The highest BCUT2D eigenvalue weighted by atomic mass is 32.2. The topological polar surface area (TPSA) is 63.6 Å². The van der Waals surface area contributed by atoms with Gasteiger partial charge in [-0.25, -0.2) is 4.39 Å². The molecule has 8 heteroatoms. The van der Waals surface area contributed by atoms with Crippen LogP contribution in [0.15, 0.2) is 59.6 Å². The minimum atomic E-state index is -0.298. The Labute approximate surface area is 197 Å². The molecule has 0 unspecified atom stereocenters. The molecule has 1 aromatic heterocycles. The molecular weight excluding hydrogens is 441 g/mol. The van der Waals surface area contributed by atoms with Gasteiger partial charge in [0.05, 0.1) is 18.0 Å². The fourth-order valence-corrected chi connectivity index (χ4v) is 5.00. The van der Waals surface area contributed by atoms with Crippen LogP contribution in [0.2, 0.25) is 0 Å². The molecule has 2 atom stereocenters. The summed E-state index contributed by atoms with van der Waals surface area (Å²) in [5.74, 6) is -0.0882. The van der Waals surface area contributed by atoms with Gasteiger partial charge in [-0.15, -0.1) is 11.8 Å². The predicted octanol–water partition coefficient (Wildman–Crippen LogP) is 3.82. The van der Waals surface area contributed by atoms with Gasteiger partial charge in [0.2, 0.25) is 11.8 Å². The van der Waals surface area contributed by atoms with E-state index in [-0.39, 0.29) is 42.1 Å². The van der Waals surface area contributed by atoms with E-state index in [1.807, 2.05) is 53.8 Å². The molecule has 1 aliphatic heterocycles. The van der Waals surface area contributed by atoms with E-state index in [2.05, 4.69) is 5.32 Å². The Kier molecular flexibility index (Phi) is 7.35. The first-order valence-electron chi connectivity index (χ1n) is 11.0. The molecule has 1 aliphatic rings. The second kappa shape index (κ2) is 10.4. The SMILES string of the molecule is C[C@@H]1CN(C(=O)Cn2cc(SCC(=O)NCc3ccc(F)cc3)c3ccccc32)C[C@@H](C)O1. The number of benzene rings is 2. The summed E-state index contributed by atoms with van der Waals surface area (Å²) >= 11 is 1.44. The van der Waals surface area contributed by atoms with Crippen LogP contribution in [-0.4, -0.2) is 52.3 Å². The molecular formula is C25H28FN3O3S. The number of thioether (sulfide) groups is 1. The molecule has 1 saturated heterocycles. The van der Waals surface area contributed by atoms with Crippen molar-refractivity contribution in [3.63, 3.8) is 0 Å². The van der Waals surface area contributed by atoms with Crippen LogP contribution in [0.1, 0.15) is 19.4 Å². The Balaban J connectivity index is 1.39. The van der Waals surface area contributed by atoms with Crippen LogP contribution in [-0.2, 0) is 27.4 Å². The van der Waals surface area contributed by atoms with E-state index >= 15 is 0 Å². The summed E-state index contributed by atoms with van der Waals surface area (Å²) in [6.45, 7) is 5.76. The summed E-state index contributed by atoms with van der Waals surface area (Å²) in [5.41, 5.74) is 1.81. The van der Waals surface area contributed by atoms with Crippen LogP contribution in [0.3, 0.4) is 0 Å². The molecule has 0 radical (unpaired) electrons. The Morgan fingerprint density at radius 2 is 1.79 bits per heavy atom. The molecule has 0 aliphatic carbocycles. The molecule has 4 rings (SSSR count). The number of rotatable bonds is 7. The van der Waals surface area contributed by atoms with E-state index in [9.17, 15) is 14.0 Å². The molecule has 2 aromatic carbocycles. The molecule has 33 heavy (non-hydrogen) atoms. The van der Waals surface area contributed by atoms with Crippen molar-refractivity contribution in [3.05, 3.63) is 66.1 Å². The lowest BCUT2D eigenvalue weighted by molar-refractivity contribution is -0.143. The molecule has 0 saturated carbocycles. The number of morpholine rings is 1. The lowest BCUT2D eigenvalue weighted by Gasteiger charge is -2.35. The predicted molar refractivity (Wildman–Crippen MR) is 127 cm³/mol. The smallest absolute Gasteiger partial charge is 0.242 e. The van der Waals surface area contributed by atoms with Gasteiger partial charge in [-0.2, -0.15) is 0 Å². The number of nitrogens with one attached hydrogen (secondary N) is 1. The first kappa shape index (κ1) is 23.3. The fraction of sp³-hybridized carbons (Fsp3) is 0.360. The zero-order valence-electron chi connectivity index (χ0n) is 18.8. The minimum absolute atomic E-state index is 0.0265. The van der Waals surface area contributed by atoms with E-state index in [1.54, 1.807) is 12.1 Å². The normalized spacial score (nSPS) is 18.5. The maximum absolute atomic E-state index is 13.0. The van der Waals surface area contributed by atoms with Crippen LogP contribution >= 0.6 is 11.8 Å². The Bertz CT molecular complexity index is 1120. The number of nitrogens with zero attached hydrogens (tertiary/aromatic N) is 2. The first-order chi connectivity index (χ1) is 15.9. The Morgan fingerprint density at radius 1 is 1.09 bits per heavy atom. The molecule has 0 spiro atoms. The van der Waals surface area contributed by atoms with Crippen molar-refractivity contribution in [2.24, 2.45) is 0 Å². The van der Waals surface area contributed by atoms with E-state index in [0.717, 1.165) is 21.4 Å². The highest BCUT2D eigenvalue weighted by Gasteiger charge is 2.26. The molecule has 2 amide bonds. The first-order valence-corrected chi connectivity index (χ1v) is 12.0. The van der Waals surface area contributed by atoms with Gasteiger partial charge in [-0.3, -0.25) is 9.59 Å². The lowest BCUT2D eigenvalue weighted by atomic mass is 10.2. The number of carbonyl (C=O) groups is 2. The summed E-state index contributed by atoms with van der Waals surface area (Å²) in [6, 6.07) is 14.0. The van der Waals surface area contributed by atoms with Gasteiger partial charge in [-0.05, 0) is 37.6 Å². The van der Waals surface area contributed by atoms with Crippen molar-refractivity contribution < 1.29 is 18.7 Å². The van der Waals surface area contributed by atoms with Gasteiger partial charge in [0, 0.05) is 41.6 Å². The second-order valence-electron chi connectivity index (χ2n) is 8.39. The van der Waals surface area contributed by atoms with Crippen LogP contribution in [0.5, 0.6) is 0 Å². The summed E-state index contributed by atoms with van der Waals surface area (Å²) in [5, 5.41) is 3.88. The molecule has 3 aromatic rings. The average molecular weight is 470 g/mol. The van der Waals surface area contributed by atoms with E-state index < -0.39 is 0 Å². The number of hydrogen-bond acceptors (Lipinski definition) is 4. The van der Waals surface area contributed by atoms with Gasteiger partial charge in [0.25, 0.3) is 0 Å². The average Bonchev–Trinajstić information content (AvgIpc) is 3.14. The van der Waals surface area contributed by atoms with Crippen molar-refractivity contribution in [1.29, 1.82) is 0 Å². The van der Waals surface area contributed by atoms with Gasteiger partial charge in [0.15, 0.2) is 0 Å². The molecule has 1 N–H and O–H groups in total. The number of para-hydroxylation sites is 1. The highest BCUT2D eigenvalue weighted by Crippen LogP contribution is 2.30. The standard InChI is InChI=1S/C25H28FN3O3S/c1-17-12-29(13-18(2)32-17)25(31)15-28-14-23(21-5-3-4-6-22(21)28)33-16-24(30)27-11-19-7-9-20(26)10-8-19/h3-10,14,17-18H,11-13,15-16H2,1-2H3,(H,27,30)/t17-,18-/m1/s1. The second-order valence-corrected chi connectivity index (χ2v) is 9.40. The molecule has 2 heterocycles. The van der Waals surface area contributed by atoms with Crippen molar-refractivity contribution in [2.45, 2.75) is 44.0 Å². The fourth-order valence-electron chi connectivity index (χ4n) is 4.08. The van der Waals surface area contributed by atoms with E-state index in [1.165, 1.54) is 23.9 Å². The number of carbonyl (C=O) groups excluding carboxylic acids is 2. The van der Waals surface area contributed by atoms with Gasteiger partial charge < -0.3 is 19.5 Å². The number of amides is 2. The summed E-state index contributed by atoms with van der Waals surface area (Å²) in [4.78, 5) is 28.2. The monoisotopic (exact) mass is 469 g/mol. The number of aromatic nitrogens is 1. The van der Waals surface area contributed by atoms with Crippen molar-refractivity contribution in [3.8, 4) is 0 Å². The Hall–Kier alpha value is -2.84. The summed E-state index contributed by atoms with van der Waals surface area (Å²) in [6.07, 6.45) is 2.01. The van der Waals surface area contributed by atoms with Crippen molar-refractivity contribution >= 4 is 34.5 Å². The van der Waals surface area contributed by atoms with E-state index in [4.69, 9.17) is 4.74 Å². The third kappa shape index (κ3) is 5.94. The number of fused-ring (bicyclic) bond motifs is 1. The summed E-state index contributed by atoms with van der Waals surface area (Å²) < 4.78 is 20.7. The maximum Gasteiger partial charge on any atom is 0.242 e. The van der Waals surface area contributed by atoms with Crippen LogP contribution in [0.25, 0.3) is 10.9 Å². The quantitative estimate of drug-likeness (QED) is 0.535. The maximum atomic E-state index is 13.0. The van der Waals surface area contributed by atoms with E-state index in [0.29, 0.717) is 19.6 Å². The third-order valence-electron chi connectivity index (χ3n) is 5.59. The zero-order chi connectivity index (χ0) is 23.4. The number of hydrogen-bond donors (Lipinski definition) is 1. The van der Waals surface area contributed by atoms with Crippen LogP contribution in [0, 0.1) is 5.82 Å². The highest BCUT2D eigenvalue weighted by molar-refractivity contribution is 8.00. The molecule has 6 nitrogen and oxygen atoms in total. The molecule has 0 bridgehead atoms. The largest absolute Gasteiger partial charge is 0.372 e. The summed E-state index contributed by atoms with van der Waals surface area (Å²) in [7, 11) is 0.